The highest BCUT2D eigenvalue weighted by Gasteiger charge is 2.33. The average molecular weight is 361 g/mol. The van der Waals surface area contributed by atoms with Crippen LogP contribution < -0.4 is 5.32 Å². The zero-order valence-electron chi connectivity index (χ0n) is 11.6. The second-order valence-electron chi connectivity index (χ2n) is 4.81. The Balaban J connectivity index is 0.00000132. The molecule has 0 spiro atoms. The third kappa shape index (κ3) is 3.61. The van der Waals surface area contributed by atoms with Gasteiger partial charge in [0.25, 0.3) is 5.69 Å². The van der Waals surface area contributed by atoms with Crippen LogP contribution in [0.3, 0.4) is 0 Å². The van der Waals surface area contributed by atoms with Gasteiger partial charge >= 0.3 is 5.97 Å². The summed E-state index contributed by atoms with van der Waals surface area (Å²) in [7, 11) is 0. The number of aromatic amines is 1. The van der Waals surface area contributed by atoms with Crippen LogP contribution in [0.25, 0.3) is 0 Å². The zero-order valence-corrected chi connectivity index (χ0v) is 13.3. The monoisotopic (exact) mass is 360 g/mol. The number of nitro benzene ring substituents is 1. The third-order valence-corrected chi connectivity index (χ3v) is 3.51. The molecule has 0 fully saturated rings. The number of nitrogens with one attached hydrogen (secondary N) is 2. The molecule has 0 radical (unpaired) electrons. The molecule has 0 bridgehead atoms. The van der Waals surface area contributed by atoms with Gasteiger partial charge in [-0.15, -0.1) is 24.8 Å². The number of nitrogens with zero attached hydrogens (tertiary/aromatic N) is 2. The maximum Gasteiger partial charge on any atom is 0.321 e. The first-order valence-corrected chi connectivity index (χ1v) is 6.31. The molecule has 0 amide bonds. The van der Waals surface area contributed by atoms with E-state index in [-0.39, 0.29) is 30.5 Å². The molecule has 1 aromatic carbocycles. The van der Waals surface area contributed by atoms with E-state index >= 15 is 0 Å². The third-order valence-electron chi connectivity index (χ3n) is 3.51. The van der Waals surface area contributed by atoms with Crippen LogP contribution in [0.15, 0.2) is 30.6 Å². The van der Waals surface area contributed by atoms with Crippen LogP contribution in [0.5, 0.6) is 0 Å². The van der Waals surface area contributed by atoms with E-state index in [2.05, 4.69) is 15.3 Å². The topological polar surface area (TPSA) is 121 Å². The summed E-state index contributed by atoms with van der Waals surface area (Å²) in [4.78, 5) is 28.8. The summed E-state index contributed by atoms with van der Waals surface area (Å²) in [5, 5.41) is 23.1. The number of nitro groups is 1. The molecular formula is C13H14Cl2N4O4. The quantitative estimate of drug-likeness (QED) is 0.567. The minimum Gasteiger partial charge on any atom is -0.480 e. The number of hydrogen-bond acceptors (Lipinski definition) is 5. The molecule has 2 aromatic rings. The van der Waals surface area contributed by atoms with Gasteiger partial charge in [0.2, 0.25) is 0 Å². The van der Waals surface area contributed by atoms with Crippen molar-refractivity contribution in [2.75, 3.05) is 0 Å². The van der Waals surface area contributed by atoms with Gasteiger partial charge in [-0.2, -0.15) is 0 Å². The largest absolute Gasteiger partial charge is 0.480 e. The number of H-pyrrole nitrogens is 1. The smallest absolute Gasteiger partial charge is 0.321 e. The minimum absolute atomic E-state index is 0. The molecule has 1 aliphatic heterocycles. The Labute approximate surface area is 143 Å². The SMILES string of the molecule is Cl.Cl.O=C(O)C1Cc2[nH]cnc2C(c2cccc([N+](=O)[O-])c2)N1. The van der Waals surface area contributed by atoms with E-state index in [1.807, 2.05) is 0 Å². The summed E-state index contributed by atoms with van der Waals surface area (Å²) in [6.45, 7) is 0. The van der Waals surface area contributed by atoms with Crippen molar-refractivity contribution in [1.29, 1.82) is 0 Å². The van der Waals surface area contributed by atoms with Crippen molar-refractivity contribution in [3.8, 4) is 0 Å². The van der Waals surface area contributed by atoms with E-state index in [1.165, 1.54) is 18.5 Å². The fourth-order valence-electron chi connectivity index (χ4n) is 2.52. The second-order valence-corrected chi connectivity index (χ2v) is 4.81. The summed E-state index contributed by atoms with van der Waals surface area (Å²) in [5.74, 6) is -0.967. The number of carboxylic acids is 1. The Morgan fingerprint density at radius 1 is 1.39 bits per heavy atom. The van der Waals surface area contributed by atoms with Crippen molar-refractivity contribution < 1.29 is 14.8 Å². The normalized spacial score (nSPS) is 19.0. The lowest BCUT2D eigenvalue weighted by Gasteiger charge is -2.28. The van der Waals surface area contributed by atoms with E-state index in [4.69, 9.17) is 0 Å². The van der Waals surface area contributed by atoms with E-state index in [9.17, 15) is 20.0 Å². The van der Waals surface area contributed by atoms with Gasteiger partial charge in [-0.05, 0) is 5.56 Å². The van der Waals surface area contributed by atoms with E-state index in [0.29, 0.717) is 17.7 Å². The Kier molecular flexibility index (Phi) is 6.08. The summed E-state index contributed by atoms with van der Waals surface area (Å²) in [6.07, 6.45) is 1.80. The molecule has 3 N–H and O–H groups in total. The Hall–Kier alpha value is -2.16. The number of aromatic nitrogens is 2. The standard InChI is InChI=1S/C13H12N4O4.2ClH/c18-13(19)10-5-9-12(15-6-14-9)11(16-10)7-2-1-3-8(4-7)17(20)21;;/h1-4,6,10-11,16H,5H2,(H,14,15)(H,18,19);2*1H. The molecule has 2 unspecified atom stereocenters. The van der Waals surface area contributed by atoms with Crippen LogP contribution in [0.4, 0.5) is 5.69 Å². The number of halogens is 2. The first-order valence-electron chi connectivity index (χ1n) is 6.31. The van der Waals surface area contributed by atoms with E-state index in [0.717, 1.165) is 5.69 Å². The van der Waals surface area contributed by atoms with Crippen LogP contribution in [0, 0.1) is 10.1 Å². The molecule has 10 heteroatoms. The number of benzene rings is 1. The van der Waals surface area contributed by atoms with Crippen molar-refractivity contribution in [2.24, 2.45) is 0 Å². The predicted molar refractivity (Wildman–Crippen MR) is 86.3 cm³/mol. The fraction of sp³-hybridized carbons (Fsp3) is 0.231. The Morgan fingerprint density at radius 2 is 2.13 bits per heavy atom. The number of carbonyl (C=O) groups is 1. The van der Waals surface area contributed by atoms with Gasteiger partial charge < -0.3 is 10.1 Å². The number of hydrogen-bond donors (Lipinski definition) is 3. The number of imidazole rings is 1. The zero-order chi connectivity index (χ0) is 15.0. The van der Waals surface area contributed by atoms with Crippen LogP contribution in [-0.2, 0) is 11.2 Å². The lowest BCUT2D eigenvalue weighted by atomic mass is 9.94. The summed E-state index contributed by atoms with van der Waals surface area (Å²) in [5.41, 5.74) is 1.98. The van der Waals surface area contributed by atoms with Crippen LogP contribution in [0.1, 0.15) is 23.0 Å². The average Bonchev–Trinajstić information content (AvgIpc) is 2.94. The highest BCUT2D eigenvalue weighted by molar-refractivity contribution is 5.85. The molecule has 0 aliphatic carbocycles. The molecule has 2 atom stereocenters. The highest BCUT2D eigenvalue weighted by atomic mass is 35.5. The van der Waals surface area contributed by atoms with Crippen molar-refractivity contribution in [3.63, 3.8) is 0 Å². The maximum absolute atomic E-state index is 11.2. The number of rotatable bonds is 3. The van der Waals surface area contributed by atoms with Gasteiger partial charge in [0, 0.05) is 24.2 Å². The first-order chi connectivity index (χ1) is 10.1. The maximum atomic E-state index is 11.2. The number of aliphatic carboxylic acids is 1. The van der Waals surface area contributed by atoms with Gasteiger partial charge in [-0.25, -0.2) is 4.98 Å². The van der Waals surface area contributed by atoms with Gasteiger partial charge in [0.1, 0.15) is 6.04 Å². The Bertz CT molecular complexity index is 722. The second kappa shape index (κ2) is 7.40. The first kappa shape index (κ1) is 18.9. The molecule has 0 saturated carbocycles. The predicted octanol–water partition coefficient (Wildman–Crippen LogP) is 1.85. The lowest BCUT2D eigenvalue weighted by Crippen LogP contribution is -2.45. The van der Waals surface area contributed by atoms with Gasteiger partial charge in [0.15, 0.2) is 0 Å². The molecular weight excluding hydrogens is 347 g/mol. The van der Waals surface area contributed by atoms with Gasteiger partial charge in [-0.3, -0.25) is 20.2 Å². The molecule has 1 aromatic heterocycles. The minimum atomic E-state index is -0.967. The van der Waals surface area contributed by atoms with Crippen molar-refractivity contribution in [3.05, 3.63) is 57.7 Å². The van der Waals surface area contributed by atoms with Crippen LogP contribution >= 0.6 is 24.8 Å². The van der Waals surface area contributed by atoms with Gasteiger partial charge in [0.05, 0.1) is 23.0 Å². The molecule has 3 rings (SSSR count). The Morgan fingerprint density at radius 3 is 2.78 bits per heavy atom. The molecule has 8 nitrogen and oxygen atoms in total. The van der Waals surface area contributed by atoms with E-state index in [1.54, 1.807) is 12.1 Å². The van der Waals surface area contributed by atoms with Gasteiger partial charge in [-0.1, -0.05) is 12.1 Å². The molecule has 2 heterocycles. The highest BCUT2D eigenvalue weighted by Crippen LogP contribution is 2.30. The fourth-order valence-corrected chi connectivity index (χ4v) is 2.52. The number of carboxylic acid groups (broad SMARTS) is 1. The molecule has 124 valence electrons. The van der Waals surface area contributed by atoms with Crippen molar-refractivity contribution in [2.45, 2.75) is 18.5 Å². The van der Waals surface area contributed by atoms with Crippen molar-refractivity contribution >= 4 is 36.5 Å². The van der Waals surface area contributed by atoms with Crippen molar-refractivity contribution in [1.82, 2.24) is 15.3 Å². The number of fused-ring (bicyclic) bond motifs is 1. The number of non-ortho nitro benzene ring substituents is 1. The summed E-state index contributed by atoms with van der Waals surface area (Å²) in [6, 6.07) is 4.87. The van der Waals surface area contributed by atoms with E-state index < -0.39 is 23.0 Å². The lowest BCUT2D eigenvalue weighted by molar-refractivity contribution is -0.384. The molecule has 1 aliphatic rings. The molecule has 23 heavy (non-hydrogen) atoms. The summed E-state index contributed by atoms with van der Waals surface area (Å²) < 4.78 is 0. The summed E-state index contributed by atoms with van der Waals surface area (Å²) >= 11 is 0. The van der Waals surface area contributed by atoms with Crippen LogP contribution in [-0.4, -0.2) is 32.0 Å². The van der Waals surface area contributed by atoms with Crippen LogP contribution in [0.2, 0.25) is 0 Å². The molecule has 0 saturated heterocycles.